The molecule has 0 saturated carbocycles. The molecule has 0 radical (unpaired) electrons. The first-order valence-corrected chi connectivity index (χ1v) is 17.1. The Morgan fingerprint density at radius 1 is 0.490 bits per heavy atom. The van der Waals surface area contributed by atoms with E-state index < -0.39 is 0 Å². The number of nitrogens with zero attached hydrogens (tertiary/aromatic N) is 3. The molecule has 49 heavy (non-hydrogen) atoms. The molecule has 8 bridgehead atoms. The molecule has 232 valence electrons. The number of fused-ring (bicyclic) bond motifs is 8. The van der Waals surface area contributed by atoms with E-state index in [4.69, 9.17) is 9.97 Å². The van der Waals surface area contributed by atoms with Gasteiger partial charge in [-0.3, -0.25) is 0 Å². The van der Waals surface area contributed by atoms with Gasteiger partial charge in [0.1, 0.15) is 0 Å². The number of nitrogens with one attached hydrogen (secondary N) is 1. The number of aromatic amines is 1. The Bertz CT molecular complexity index is 2580. The third-order valence-electron chi connectivity index (χ3n) is 8.93. The van der Waals surface area contributed by atoms with Crippen molar-refractivity contribution in [1.29, 1.82) is 0 Å². The van der Waals surface area contributed by atoms with E-state index in [-0.39, 0.29) is 0 Å². The van der Waals surface area contributed by atoms with Crippen molar-refractivity contribution in [2.24, 2.45) is 0 Å². The lowest BCUT2D eigenvalue weighted by atomic mass is 9.93. The normalized spacial score (nSPS) is 12.2. The van der Waals surface area contributed by atoms with Crippen molar-refractivity contribution in [2.75, 3.05) is 0 Å². The third kappa shape index (κ3) is 5.35. The van der Waals surface area contributed by atoms with Crippen LogP contribution in [0.25, 0.3) is 83.8 Å². The molecule has 4 aromatic carbocycles. The number of para-hydroxylation sites is 1. The maximum Gasteiger partial charge on any atom is 0.0879 e. The zero-order chi connectivity index (χ0) is 32.7. The third-order valence-corrected chi connectivity index (χ3v) is 9.53. The van der Waals surface area contributed by atoms with Gasteiger partial charge in [-0.1, -0.05) is 109 Å². The molecule has 0 unspecified atom stereocenters. The van der Waals surface area contributed by atoms with Crippen molar-refractivity contribution < 1.29 is 0 Å². The summed E-state index contributed by atoms with van der Waals surface area (Å²) in [4.78, 5) is 14.0. The largest absolute Gasteiger partial charge is 0.355 e. The van der Waals surface area contributed by atoms with Crippen molar-refractivity contribution in [1.82, 2.24) is 19.5 Å². The molecule has 0 amide bonds. The second-order valence-corrected chi connectivity index (χ2v) is 13.0. The summed E-state index contributed by atoms with van der Waals surface area (Å²) in [6.07, 6.45) is 6.28. The molecule has 7 aromatic rings. The van der Waals surface area contributed by atoms with Gasteiger partial charge in [0.25, 0.3) is 0 Å². The summed E-state index contributed by atoms with van der Waals surface area (Å²) in [5, 5.41) is 0. The lowest BCUT2D eigenvalue weighted by molar-refractivity contribution is 1.17. The van der Waals surface area contributed by atoms with Gasteiger partial charge in [0.15, 0.2) is 0 Å². The molecule has 4 nitrogen and oxygen atoms in total. The quantitative estimate of drug-likeness (QED) is 0.199. The molecule has 0 fully saturated rings. The lowest BCUT2D eigenvalue weighted by Gasteiger charge is -2.14. The number of hydrogen-bond acceptors (Lipinski definition) is 2. The van der Waals surface area contributed by atoms with Crippen molar-refractivity contribution in [2.45, 2.75) is 0 Å². The zero-order valence-corrected chi connectivity index (χ0v) is 28.0. The van der Waals surface area contributed by atoms with Crippen LogP contribution in [0.4, 0.5) is 0 Å². The maximum atomic E-state index is 5.34. The molecule has 9 rings (SSSR count). The van der Waals surface area contributed by atoms with Gasteiger partial charge in [-0.2, -0.15) is 0 Å². The van der Waals surface area contributed by atoms with Gasteiger partial charge in [0.05, 0.1) is 33.8 Å². The van der Waals surface area contributed by atoms with Crippen LogP contribution in [0.2, 0.25) is 0 Å². The lowest BCUT2D eigenvalue weighted by Crippen LogP contribution is -1.97. The molecule has 0 saturated heterocycles. The molecule has 2 aliphatic heterocycles. The van der Waals surface area contributed by atoms with Crippen LogP contribution < -0.4 is 0 Å². The first-order chi connectivity index (χ1) is 24.2. The topological polar surface area (TPSA) is 46.5 Å². The van der Waals surface area contributed by atoms with E-state index in [1.165, 1.54) is 0 Å². The fourth-order valence-corrected chi connectivity index (χ4v) is 7.38. The fraction of sp³-hybridized carbons (Fsp3) is 0. The highest BCUT2D eigenvalue weighted by atomic mass is 79.9. The summed E-state index contributed by atoms with van der Waals surface area (Å²) in [5.41, 5.74) is 15.2. The smallest absolute Gasteiger partial charge is 0.0879 e. The predicted molar refractivity (Wildman–Crippen MR) is 208 cm³/mol. The Labute approximate surface area is 292 Å². The second kappa shape index (κ2) is 12.2. The van der Waals surface area contributed by atoms with Gasteiger partial charge in [-0.25, -0.2) is 9.97 Å². The summed E-state index contributed by atoms with van der Waals surface area (Å²) < 4.78 is 3.33. The number of hydrogen-bond donors (Lipinski definition) is 1. The summed E-state index contributed by atoms with van der Waals surface area (Å²) in [6, 6.07) is 53.2. The molecule has 5 heterocycles. The SMILES string of the molecule is BrC1=Cc2cc3ccc(cc4nc(cc5c(-c6ccccc6)c(-c6ccccc6)c(c(-c6ccccc6)c1n2)n5-c1ccccc1)C=C4)[nH]3. The first-order valence-electron chi connectivity index (χ1n) is 16.3. The van der Waals surface area contributed by atoms with E-state index in [1.807, 2.05) is 0 Å². The van der Waals surface area contributed by atoms with E-state index in [1.54, 1.807) is 0 Å². The number of aromatic nitrogens is 4. The van der Waals surface area contributed by atoms with Crippen LogP contribution >= 0.6 is 15.9 Å². The number of rotatable bonds is 4. The Morgan fingerprint density at radius 3 is 1.61 bits per heavy atom. The van der Waals surface area contributed by atoms with E-state index >= 15 is 0 Å². The summed E-state index contributed by atoms with van der Waals surface area (Å²) in [5.74, 6) is 0. The number of H-pyrrole nitrogens is 1. The summed E-state index contributed by atoms with van der Waals surface area (Å²) in [7, 11) is 0. The fourth-order valence-electron chi connectivity index (χ4n) is 6.86. The molecule has 0 aliphatic carbocycles. The second-order valence-electron chi connectivity index (χ2n) is 12.1. The van der Waals surface area contributed by atoms with Gasteiger partial charge in [-0.15, -0.1) is 0 Å². The minimum absolute atomic E-state index is 0.860. The van der Waals surface area contributed by atoms with Gasteiger partial charge in [0, 0.05) is 37.9 Å². The Hall–Kier alpha value is -6.04. The van der Waals surface area contributed by atoms with Crippen LogP contribution in [0.15, 0.2) is 152 Å². The van der Waals surface area contributed by atoms with E-state index in [0.717, 1.165) is 88.4 Å². The van der Waals surface area contributed by atoms with Crippen LogP contribution in [-0.4, -0.2) is 19.5 Å². The Kier molecular flexibility index (Phi) is 7.25. The van der Waals surface area contributed by atoms with Crippen LogP contribution in [0.5, 0.6) is 0 Å². The van der Waals surface area contributed by atoms with E-state index in [9.17, 15) is 0 Å². The highest BCUT2D eigenvalue weighted by Crippen LogP contribution is 2.48. The highest BCUT2D eigenvalue weighted by Gasteiger charge is 2.26. The van der Waals surface area contributed by atoms with Gasteiger partial charge < -0.3 is 9.55 Å². The molecule has 5 heteroatoms. The Balaban J connectivity index is 1.63. The monoisotopic (exact) mass is 692 g/mol. The van der Waals surface area contributed by atoms with Crippen LogP contribution in [0.3, 0.4) is 0 Å². The van der Waals surface area contributed by atoms with Gasteiger partial charge >= 0.3 is 0 Å². The van der Waals surface area contributed by atoms with Crippen LogP contribution in [0, 0.1) is 0 Å². The molecule has 0 spiro atoms. The van der Waals surface area contributed by atoms with E-state index in [2.05, 4.69) is 195 Å². The van der Waals surface area contributed by atoms with Gasteiger partial charge in [-0.05, 0) is 93.3 Å². The molecule has 3 aromatic heterocycles. The average molecular weight is 694 g/mol. The van der Waals surface area contributed by atoms with Gasteiger partial charge in [0.2, 0.25) is 0 Å². The minimum atomic E-state index is 0.860. The number of halogens is 1. The molecular weight excluding hydrogens is 664 g/mol. The van der Waals surface area contributed by atoms with Crippen LogP contribution in [0.1, 0.15) is 22.8 Å². The van der Waals surface area contributed by atoms with E-state index in [0.29, 0.717) is 0 Å². The maximum absolute atomic E-state index is 5.34. The van der Waals surface area contributed by atoms with Crippen molar-refractivity contribution in [3.63, 3.8) is 0 Å². The highest BCUT2D eigenvalue weighted by molar-refractivity contribution is 9.15. The standard InChI is InChI=1S/C44H29BrN4/c45-38-27-36-26-34-22-21-32(46-34)25-33-23-24-35(47-33)28-39-40(29-13-5-1-6-14-29)41(30-15-7-2-8-16-30)44(49(39)37-19-11-4-12-20-37)42(43(38)48-36)31-17-9-3-10-18-31/h1-28,46H. The first kappa shape index (κ1) is 29.1. The molecule has 2 aliphatic rings. The average Bonchev–Trinajstić information content (AvgIpc) is 3.93. The zero-order valence-electron chi connectivity index (χ0n) is 26.4. The van der Waals surface area contributed by atoms with Crippen molar-refractivity contribution in [3.05, 3.63) is 174 Å². The molecule has 1 N–H and O–H groups in total. The summed E-state index contributed by atoms with van der Waals surface area (Å²) in [6.45, 7) is 0. The summed E-state index contributed by atoms with van der Waals surface area (Å²) >= 11 is 3.98. The minimum Gasteiger partial charge on any atom is -0.355 e. The predicted octanol–water partition coefficient (Wildman–Crippen LogP) is 11.8. The molecular formula is C44H29BrN4. The van der Waals surface area contributed by atoms with Crippen LogP contribution in [-0.2, 0) is 0 Å². The Morgan fingerprint density at radius 2 is 1.00 bits per heavy atom. The van der Waals surface area contributed by atoms with Crippen molar-refractivity contribution >= 4 is 60.7 Å². The molecule has 0 atom stereocenters. The number of benzene rings is 4. The van der Waals surface area contributed by atoms with Crippen molar-refractivity contribution in [3.8, 4) is 39.1 Å².